The van der Waals surface area contributed by atoms with Crippen molar-refractivity contribution in [3.63, 3.8) is 0 Å². The molecule has 0 saturated carbocycles. The van der Waals surface area contributed by atoms with E-state index in [0.717, 1.165) is 6.33 Å². The minimum atomic E-state index is -6.00. The highest BCUT2D eigenvalue weighted by Crippen LogP contribution is 2.34. The quantitative estimate of drug-likeness (QED) is 0.224. The maximum atomic E-state index is 14.0. The molecule has 2 heterocycles. The first-order chi connectivity index (χ1) is 12.7. The maximum absolute atomic E-state index is 14.0. The Kier molecular flexibility index (Phi) is 6.00. The second kappa shape index (κ2) is 7.62. The van der Waals surface area contributed by atoms with Crippen molar-refractivity contribution in [3.8, 4) is 5.69 Å². The van der Waals surface area contributed by atoms with Crippen molar-refractivity contribution in [2.45, 2.75) is 32.5 Å². The van der Waals surface area contributed by atoms with Gasteiger partial charge >= 0.3 is 13.1 Å². The molecule has 1 aliphatic heterocycles. The van der Waals surface area contributed by atoms with Gasteiger partial charge in [-0.3, -0.25) is 0 Å². The molecule has 0 bridgehead atoms. The summed E-state index contributed by atoms with van der Waals surface area (Å²) in [4.78, 5) is 0. The van der Waals surface area contributed by atoms with Crippen LogP contribution < -0.4 is 4.57 Å². The summed E-state index contributed by atoms with van der Waals surface area (Å²) in [5, 5.41) is 3.68. The average molecular weight is 423 g/mol. The number of benzene rings is 1. The summed E-state index contributed by atoms with van der Waals surface area (Å²) in [5.74, 6) is -10.5. The number of rotatable bonds is 2. The van der Waals surface area contributed by atoms with Gasteiger partial charge in [0.15, 0.2) is 6.17 Å². The van der Waals surface area contributed by atoms with Crippen LogP contribution in [0.3, 0.4) is 0 Å². The van der Waals surface area contributed by atoms with Gasteiger partial charge < -0.3 is 17.3 Å². The number of nitrogens with zero attached hydrogens (tertiary/aromatic N) is 3. The smallest absolute Gasteiger partial charge is 0.418 e. The van der Waals surface area contributed by atoms with E-state index in [4.69, 9.17) is 0 Å². The zero-order chi connectivity index (χ0) is 21.5. The van der Waals surface area contributed by atoms with Crippen molar-refractivity contribution in [2.75, 3.05) is 0 Å². The van der Waals surface area contributed by atoms with E-state index in [1.54, 1.807) is 0 Å². The van der Waals surface area contributed by atoms with Gasteiger partial charge in [0.1, 0.15) is 0 Å². The predicted molar refractivity (Wildman–Crippen MR) is 76.1 cm³/mol. The molecule has 0 aliphatic carbocycles. The number of hydrogen-bond acceptors (Lipinski definition) is 1. The van der Waals surface area contributed by atoms with E-state index in [1.165, 1.54) is 4.57 Å². The molecular weight excluding hydrogens is 411 g/mol. The van der Waals surface area contributed by atoms with Crippen molar-refractivity contribution >= 4 is 7.25 Å². The molecule has 3 nitrogen and oxygen atoms in total. The van der Waals surface area contributed by atoms with Crippen LogP contribution in [0.1, 0.15) is 38.3 Å². The summed E-state index contributed by atoms with van der Waals surface area (Å²) < 4.78 is 122. The summed E-state index contributed by atoms with van der Waals surface area (Å²) in [6.45, 7) is 3.66. The lowest BCUT2D eigenvalue weighted by Gasteiger charge is -2.12. The Labute approximate surface area is 151 Å². The van der Waals surface area contributed by atoms with Crippen LogP contribution >= 0.6 is 0 Å². The lowest BCUT2D eigenvalue weighted by Crippen LogP contribution is -2.39. The Morgan fingerprint density at radius 2 is 1.39 bits per heavy atom. The normalized spacial score (nSPS) is 18.9. The molecule has 0 saturated heterocycles. The van der Waals surface area contributed by atoms with Crippen LogP contribution in [0.4, 0.5) is 43.6 Å². The van der Waals surface area contributed by atoms with E-state index in [-0.39, 0.29) is 24.2 Å². The van der Waals surface area contributed by atoms with Crippen molar-refractivity contribution in [2.24, 2.45) is 5.92 Å². The fraction of sp³-hybridized carbons (Fsp3) is 0.429. The molecular formula is C14H12BF10N3. The molecule has 0 fully saturated rings. The van der Waals surface area contributed by atoms with Gasteiger partial charge in [0.2, 0.25) is 41.1 Å². The summed E-state index contributed by atoms with van der Waals surface area (Å²) >= 11 is 0. The monoisotopic (exact) mass is 423 g/mol. The van der Waals surface area contributed by atoms with Gasteiger partial charge in [-0.05, 0) is 5.92 Å². The molecule has 1 aliphatic rings. The molecule has 0 N–H and O–H groups in total. The minimum Gasteiger partial charge on any atom is -0.418 e. The van der Waals surface area contributed by atoms with E-state index in [2.05, 4.69) is 5.10 Å². The highest BCUT2D eigenvalue weighted by molar-refractivity contribution is 6.50. The van der Waals surface area contributed by atoms with Gasteiger partial charge in [-0.2, -0.15) is 8.78 Å². The molecule has 0 unspecified atom stereocenters. The van der Waals surface area contributed by atoms with Crippen LogP contribution in [0.25, 0.3) is 5.69 Å². The molecule has 0 amide bonds. The zero-order valence-corrected chi connectivity index (χ0v) is 14.2. The van der Waals surface area contributed by atoms with Gasteiger partial charge in [0.25, 0.3) is 0 Å². The van der Waals surface area contributed by atoms with Crippen LogP contribution in [0, 0.1) is 35.0 Å². The third kappa shape index (κ3) is 4.24. The topological polar surface area (TPSA) is 21.7 Å². The third-order valence-electron chi connectivity index (χ3n) is 3.98. The fourth-order valence-corrected chi connectivity index (χ4v) is 2.77. The Morgan fingerprint density at radius 3 is 1.82 bits per heavy atom. The molecule has 28 heavy (non-hydrogen) atoms. The summed E-state index contributed by atoms with van der Waals surface area (Å²) in [7, 11) is -6.00. The largest absolute Gasteiger partial charge is 0.673 e. The Morgan fingerprint density at radius 1 is 0.964 bits per heavy atom. The predicted octanol–water partition coefficient (Wildman–Crippen LogP) is 4.77. The van der Waals surface area contributed by atoms with Crippen LogP contribution in [0.5, 0.6) is 0 Å². The van der Waals surface area contributed by atoms with E-state index in [1.807, 2.05) is 13.8 Å². The van der Waals surface area contributed by atoms with Crippen LogP contribution in [0.2, 0.25) is 0 Å². The Bertz CT molecular complexity index is 844. The minimum absolute atomic E-state index is 0.00790. The van der Waals surface area contributed by atoms with Crippen LogP contribution in [0.15, 0.2) is 6.33 Å². The highest BCUT2D eigenvalue weighted by Gasteiger charge is 2.43. The number of hydrogen-bond donors (Lipinski definition) is 0. The summed E-state index contributed by atoms with van der Waals surface area (Å²) in [6, 6.07) is -0.310. The van der Waals surface area contributed by atoms with Gasteiger partial charge in [-0.1, -0.05) is 18.5 Å². The molecule has 156 valence electrons. The first kappa shape index (κ1) is 22.0. The zero-order valence-electron chi connectivity index (χ0n) is 14.2. The lowest BCUT2D eigenvalue weighted by molar-refractivity contribution is -0.723. The molecule has 1 aromatic carbocycles. The highest BCUT2D eigenvalue weighted by atomic mass is 19.5. The molecule has 2 aromatic rings. The fourth-order valence-electron chi connectivity index (χ4n) is 2.77. The molecule has 14 heteroatoms. The third-order valence-corrected chi connectivity index (χ3v) is 3.98. The summed E-state index contributed by atoms with van der Waals surface area (Å²) in [5.41, 5.74) is -1.22. The second-order valence-corrected chi connectivity index (χ2v) is 6.25. The van der Waals surface area contributed by atoms with Crippen molar-refractivity contribution < 1.29 is 48.2 Å². The van der Waals surface area contributed by atoms with Crippen molar-refractivity contribution in [1.29, 1.82) is 0 Å². The molecule has 0 spiro atoms. The van der Waals surface area contributed by atoms with E-state index < -0.39 is 48.2 Å². The van der Waals surface area contributed by atoms with Crippen LogP contribution in [-0.2, 0) is 0 Å². The van der Waals surface area contributed by atoms with Crippen molar-refractivity contribution in [1.82, 2.24) is 9.78 Å². The van der Waals surface area contributed by atoms with Gasteiger partial charge in [-0.25, -0.2) is 22.1 Å². The van der Waals surface area contributed by atoms with Gasteiger partial charge in [0.05, 0.1) is 6.04 Å². The summed E-state index contributed by atoms with van der Waals surface area (Å²) in [6.07, 6.45) is -0.264. The van der Waals surface area contributed by atoms with E-state index in [9.17, 15) is 43.6 Å². The molecule has 3 rings (SSSR count). The molecule has 2 atom stereocenters. The number of halogens is 10. The standard InChI is InChI=1S/C14H12F6N3.BF4/c1-5(2)7-3-6(15)14-21-23(4-22(7)14)13-11(19)9(17)8(16)10(18)12(13)20;2-1(3,4)5/h4-7H,3H2,1-2H3;/q+1;-1/t6-,7+;/m1./s1. The number of alkyl halides is 1. The average Bonchev–Trinajstić information content (AvgIpc) is 3.10. The first-order valence-corrected chi connectivity index (χ1v) is 7.77. The molecule has 0 radical (unpaired) electrons. The van der Waals surface area contributed by atoms with Crippen LogP contribution in [-0.4, -0.2) is 17.0 Å². The Hall–Kier alpha value is -2.28. The second-order valence-electron chi connectivity index (χ2n) is 6.25. The number of fused-ring (bicyclic) bond motifs is 1. The SMILES string of the molecule is CC(C)[C@@H]1C[C@@H](F)c2nn(-c3c(F)c(F)c(F)c(F)c3F)c[n+]21.F[B-](F)(F)F. The van der Waals surface area contributed by atoms with Gasteiger partial charge in [0, 0.05) is 11.5 Å². The van der Waals surface area contributed by atoms with Crippen molar-refractivity contribution in [3.05, 3.63) is 41.2 Å². The first-order valence-electron chi connectivity index (χ1n) is 7.77. The molecule has 1 aromatic heterocycles. The van der Waals surface area contributed by atoms with E-state index >= 15 is 0 Å². The van der Waals surface area contributed by atoms with E-state index in [0.29, 0.717) is 4.68 Å². The number of aromatic nitrogens is 3. The lowest BCUT2D eigenvalue weighted by atomic mass is 10.0. The Balaban J connectivity index is 0.000000500. The maximum Gasteiger partial charge on any atom is 0.673 e. The van der Waals surface area contributed by atoms with Gasteiger partial charge in [-0.15, -0.1) is 0 Å².